The molecule has 2 aromatic rings. The van der Waals surface area contributed by atoms with Crippen LogP contribution in [0.5, 0.6) is 5.75 Å². The van der Waals surface area contributed by atoms with Gasteiger partial charge in [0.2, 0.25) is 5.91 Å². The third-order valence-corrected chi connectivity index (χ3v) is 6.12. The van der Waals surface area contributed by atoms with Crippen molar-refractivity contribution in [2.45, 2.75) is 39.7 Å². The fraction of sp³-hybridized carbons (Fsp3) is 0.500. The minimum absolute atomic E-state index is 0.0454. The van der Waals surface area contributed by atoms with Crippen LogP contribution in [0.25, 0.3) is 0 Å². The zero-order valence-corrected chi connectivity index (χ0v) is 16.6. The van der Waals surface area contributed by atoms with E-state index in [1.807, 2.05) is 43.0 Å². The van der Waals surface area contributed by atoms with Gasteiger partial charge in [0.05, 0.1) is 12.2 Å². The van der Waals surface area contributed by atoms with Crippen LogP contribution in [0.2, 0.25) is 0 Å². The lowest BCUT2D eigenvalue weighted by Crippen LogP contribution is -2.45. The van der Waals surface area contributed by atoms with Crippen LogP contribution in [0.15, 0.2) is 35.4 Å². The number of carbonyl (C=O) groups excluding carboxylic acids is 1. The van der Waals surface area contributed by atoms with E-state index < -0.39 is 0 Å². The summed E-state index contributed by atoms with van der Waals surface area (Å²) in [5.41, 5.74) is 2.67. The first-order chi connectivity index (χ1) is 13.5. The number of carbonyl (C=O) groups is 1. The quantitative estimate of drug-likeness (QED) is 0.819. The van der Waals surface area contributed by atoms with Gasteiger partial charge in [-0.05, 0) is 50.7 Å². The fourth-order valence-corrected chi connectivity index (χ4v) is 4.16. The predicted octanol–water partition coefficient (Wildman–Crippen LogP) is 2.35. The summed E-state index contributed by atoms with van der Waals surface area (Å²) >= 11 is 0. The molecule has 1 atom stereocenters. The fourth-order valence-electron chi connectivity index (χ4n) is 4.16. The molecule has 2 aliphatic heterocycles. The Balaban J connectivity index is 1.34. The van der Waals surface area contributed by atoms with Gasteiger partial charge < -0.3 is 9.64 Å². The number of hydrogen-bond donors (Lipinski definition) is 0. The van der Waals surface area contributed by atoms with Crippen molar-refractivity contribution in [1.29, 1.82) is 0 Å². The smallest absolute Gasteiger partial charge is 0.256 e. The zero-order valence-electron chi connectivity index (χ0n) is 16.6. The van der Waals surface area contributed by atoms with Crippen LogP contribution in [-0.2, 0) is 17.8 Å². The molecule has 1 aromatic heterocycles. The molecule has 0 N–H and O–H groups in total. The third-order valence-electron chi connectivity index (χ3n) is 6.12. The monoisotopic (exact) mass is 381 g/mol. The van der Waals surface area contributed by atoms with Crippen LogP contribution in [0.4, 0.5) is 0 Å². The Morgan fingerprint density at radius 2 is 1.96 bits per heavy atom. The highest BCUT2D eigenvalue weighted by atomic mass is 16.5. The SMILES string of the molecule is Cc1ncn(CC2CCN(C(=O)C3COc4ccccc4C3)CC2)c(=O)c1C. The average molecular weight is 381 g/mol. The maximum Gasteiger partial charge on any atom is 0.256 e. The lowest BCUT2D eigenvalue weighted by molar-refractivity contribution is -0.138. The van der Waals surface area contributed by atoms with Gasteiger partial charge in [-0.2, -0.15) is 0 Å². The summed E-state index contributed by atoms with van der Waals surface area (Å²) in [6, 6.07) is 7.95. The van der Waals surface area contributed by atoms with E-state index in [0.29, 0.717) is 24.6 Å². The lowest BCUT2D eigenvalue weighted by Gasteiger charge is -2.35. The minimum Gasteiger partial charge on any atom is -0.492 e. The van der Waals surface area contributed by atoms with Crippen molar-refractivity contribution in [3.63, 3.8) is 0 Å². The molecule has 4 rings (SSSR count). The summed E-state index contributed by atoms with van der Waals surface area (Å²) in [5.74, 6) is 1.39. The highest BCUT2D eigenvalue weighted by molar-refractivity contribution is 5.80. The van der Waals surface area contributed by atoms with Crippen LogP contribution in [0.3, 0.4) is 0 Å². The molecular weight excluding hydrogens is 354 g/mol. The molecule has 0 spiro atoms. The number of amides is 1. The average Bonchev–Trinajstić information content (AvgIpc) is 2.74. The second kappa shape index (κ2) is 7.78. The van der Waals surface area contributed by atoms with Crippen molar-refractivity contribution in [1.82, 2.24) is 14.5 Å². The second-order valence-electron chi connectivity index (χ2n) is 8.00. The summed E-state index contributed by atoms with van der Waals surface area (Å²) in [7, 11) is 0. The van der Waals surface area contributed by atoms with Gasteiger partial charge in [0.25, 0.3) is 5.56 Å². The van der Waals surface area contributed by atoms with Gasteiger partial charge in [-0.25, -0.2) is 4.98 Å². The molecule has 1 saturated heterocycles. The van der Waals surface area contributed by atoms with Gasteiger partial charge in [0, 0.05) is 30.9 Å². The van der Waals surface area contributed by atoms with Crippen molar-refractivity contribution < 1.29 is 9.53 Å². The number of para-hydroxylation sites is 1. The highest BCUT2D eigenvalue weighted by Crippen LogP contribution is 2.29. The molecule has 3 heterocycles. The van der Waals surface area contributed by atoms with Crippen LogP contribution >= 0.6 is 0 Å². The molecule has 28 heavy (non-hydrogen) atoms. The molecule has 1 fully saturated rings. The molecule has 0 aliphatic carbocycles. The Morgan fingerprint density at radius 1 is 1.21 bits per heavy atom. The van der Waals surface area contributed by atoms with Gasteiger partial charge in [0.15, 0.2) is 0 Å². The maximum atomic E-state index is 12.9. The molecule has 0 radical (unpaired) electrons. The number of piperidine rings is 1. The Labute approximate surface area is 165 Å². The number of likely N-dealkylation sites (tertiary alicyclic amines) is 1. The predicted molar refractivity (Wildman–Crippen MR) is 106 cm³/mol. The van der Waals surface area contributed by atoms with Crippen LogP contribution < -0.4 is 10.3 Å². The second-order valence-corrected chi connectivity index (χ2v) is 8.00. The standard InChI is InChI=1S/C22H27N3O3/c1-15-16(2)23-14-25(21(15)26)12-17-7-9-24(10-8-17)22(27)19-11-18-5-3-4-6-20(18)28-13-19/h3-6,14,17,19H,7-13H2,1-2H3. The summed E-state index contributed by atoms with van der Waals surface area (Å²) in [6.45, 7) is 6.31. The van der Waals surface area contributed by atoms with E-state index in [2.05, 4.69) is 4.98 Å². The zero-order chi connectivity index (χ0) is 19.7. The molecule has 148 valence electrons. The molecule has 6 heteroatoms. The van der Waals surface area contributed by atoms with E-state index in [0.717, 1.165) is 49.4 Å². The summed E-state index contributed by atoms with van der Waals surface area (Å²) in [6.07, 6.45) is 4.22. The topological polar surface area (TPSA) is 64.4 Å². The van der Waals surface area contributed by atoms with Crippen molar-refractivity contribution in [3.05, 3.63) is 57.8 Å². The Hall–Kier alpha value is -2.63. The first kappa shape index (κ1) is 18.7. The van der Waals surface area contributed by atoms with Crippen LogP contribution in [-0.4, -0.2) is 40.1 Å². The van der Waals surface area contributed by atoms with E-state index in [4.69, 9.17) is 4.74 Å². The minimum atomic E-state index is -0.0991. The summed E-state index contributed by atoms with van der Waals surface area (Å²) in [4.78, 5) is 31.6. The lowest BCUT2D eigenvalue weighted by atomic mass is 9.92. The van der Waals surface area contributed by atoms with E-state index in [-0.39, 0.29) is 17.4 Å². The molecule has 1 amide bonds. The number of ether oxygens (including phenoxy) is 1. The van der Waals surface area contributed by atoms with Crippen LogP contribution in [0, 0.1) is 25.7 Å². The number of hydrogen-bond acceptors (Lipinski definition) is 4. The third kappa shape index (κ3) is 3.68. The van der Waals surface area contributed by atoms with Gasteiger partial charge >= 0.3 is 0 Å². The number of aryl methyl sites for hydroxylation is 1. The van der Waals surface area contributed by atoms with Crippen LogP contribution in [0.1, 0.15) is 29.7 Å². The molecule has 6 nitrogen and oxygen atoms in total. The summed E-state index contributed by atoms with van der Waals surface area (Å²) < 4.78 is 7.51. The van der Waals surface area contributed by atoms with E-state index in [9.17, 15) is 9.59 Å². The molecule has 2 aliphatic rings. The first-order valence-corrected chi connectivity index (χ1v) is 10.0. The van der Waals surface area contributed by atoms with Crippen molar-refractivity contribution in [2.24, 2.45) is 11.8 Å². The Kier molecular flexibility index (Phi) is 5.20. The van der Waals surface area contributed by atoms with E-state index >= 15 is 0 Å². The van der Waals surface area contributed by atoms with Gasteiger partial charge in [-0.15, -0.1) is 0 Å². The van der Waals surface area contributed by atoms with E-state index in [1.54, 1.807) is 10.9 Å². The van der Waals surface area contributed by atoms with Crippen molar-refractivity contribution >= 4 is 5.91 Å². The van der Waals surface area contributed by atoms with Gasteiger partial charge in [-0.1, -0.05) is 18.2 Å². The van der Waals surface area contributed by atoms with Gasteiger partial charge in [-0.3, -0.25) is 14.2 Å². The molecule has 0 bridgehead atoms. The van der Waals surface area contributed by atoms with E-state index in [1.165, 1.54) is 0 Å². The molecule has 1 aromatic carbocycles. The Bertz CT molecular complexity index is 929. The summed E-state index contributed by atoms with van der Waals surface area (Å²) in [5, 5.41) is 0. The number of aromatic nitrogens is 2. The number of fused-ring (bicyclic) bond motifs is 1. The first-order valence-electron chi connectivity index (χ1n) is 10.0. The molecular formula is C22H27N3O3. The van der Waals surface area contributed by atoms with Crippen molar-refractivity contribution in [2.75, 3.05) is 19.7 Å². The van der Waals surface area contributed by atoms with Gasteiger partial charge in [0.1, 0.15) is 12.4 Å². The number of nitrogens with zero attached hydrogens (tertiary/aromatic N) is 3. The normalized spacial score (nSPS) is 19.8. The van der Waals surface area contributed by atoms with Crippen molar-refractivity contribution in [3.8, 4) is 5.75 Å². The number of rotatable bonds is 3. The molecule has 0 saturated carbocycles. The maximum absolute atomic E-state index is 12.9. The number of benzene rings is 1. The largest absolute Gasteiger partial charge is 0.492 e. The Morgan fingerprint density at radius 3 is 2.75 bits per heavy atom. The highest BCUT2D eigenvalue weighted by Gasteiger charge is 2.31. The molecule has 1 unspecified atom stereocenters.